The number of nitrogens with zero attached hydrogens (tertiary/aromatic N) is 2. The molecule has 8 nitrogen and oxygen atoms in total. The van der Waals surface area contributed by atoms with Crippen LogP contribution in [0.5, 0.6) is 11.5 Å². The first-order valence-corrected chi connectivity index (χ1v) is 10.00. The van der Waals surface area contributed by atoms with Crippen molar-refractivity contribution in [2.45, 2.75) is 0 Å². The number of ether oxygens (including phenoxy) is 2. The van der Waals surface area contributed by atoms with Crippen LogP contribution in [-0.4, -0.2) is 67.0 Å². The number of carbonyl (C=O) groups is 3. The molecule has 2 aromatic rings. The molecule has 2 aliphatic rings. The Morgan fingerprint density at radius 3 is 2.45 bits per heavy atom. The SMILES string of the molecule is O=C(NCC(=O)N1CCN(C(=O)c2cc(Cl)ccc2F)CC1)c1ccc2c(c1)OCO2. The molecule has 10 heteroatoms. The molecule has 2 heterocycles. The van der Waals surface area contributed by atoms with Crippen molar-refractivity contribution in [2.24, 2.45) is 0 Å². The van der Waals surface area contributed by atoms with Crippen molar-refractivity contribution >= 4 is 29.3 Å². The molecule has 0 radical (unpaired) electrons. The van der Waals surface area contributed by atoms with Gasteiger partial charge in [-0.25, -0.2) is 4.39 Å². The molecular formula is C21H19ClFN3O5. The van der Waals surface area contributed by atoms with Gasteiger partial charge >= 0.3 is 0 Å². The lowest BCUT2D eigenvalue weighted by Crippen LogP contribution is -2.52. The fourth-order valence-electron chi connectivity index (χ4n) is 3.40. The van der Waals surface area contributed by atoms with Crippen molar-refractivity contribution < 1.29 is 28.2 Å². The predicted octanol–water partition coefficient (Wildman–Crippen LogP) is 1.92. The molecule has 2 aliphatic heterocycles. The van der Waals surface area contributed by atoms with Crippen LogP contribution < -0.4 is 14.8 Å². The van der Waals surface area contributed by atoms with E-state index >= 15 is 0 Å². The Kier molecular flexibility index (Phi) is 5.94. The molecule has 0 aliphatic carbocycles. The molecule has 0 spiro atoms. The lowest BCUT2D eigenvalue weighted by Gasteiger charge is -2.35. The summed E-state index contributed by atoms with van der Waals surface area (Å²) in [5.74, 6) is -0.733. The van der Waals surface area contributed by atoms with Crippen LogP contribution in [0.2, 0.25) is 5.02 Å². The largest absolute Gasteiger partial charge is 0.454 e. The maximum Gasteiger partial charge on any atom is 0.257 e. The molecule has 0 aromatic heterocycles. The molecule has 0 atom stereocenters. The lowest BCUT2D eigenvalue weighted by atomic mass is 10.1. The third kappa shape index (κ3) is 4.56. The average Bonchev–Trinajstić information content (AvgIpc) is 3.26. The molecule has 1 fully saturated rings. The van der Waals surface area contributed by atoms with E-state index < -0.39 is 17.6 Å². The van der Waals surface area contributed by atoms with Gasteiger partial charge in [0.15, 0.2) is 11.5 Å². The van der Waals surface area contributed by atoms with Crippen molar-refractivity contribution in [1.29, 1.82) is 0 Å². The molecule has 2 aromatic carbocycles. The minimum Gasteiger partial charge on any atom is -0.454 e. The van der Waals surface area contributed by atoms with Crippen LogP contribution in [0.1, 0.15) is 20.7 Å². The lowest BCUT2D eigenvalue weighted by molar-refractivity contribution is -0.131. The number of carbonyl (C=O) groups excluding carboxylic acids is 3. The van der Waals surface area contributed by atoms with Crippen molar-refractivity contribution in [1.82, 2.24) is 15.1 Å². The Morgan fingerprint density at radius 1 is 0.968 bits per heavy atom. The van der Waals surface area contributed by atoms with Crippen LogP contribution in [0.15, 0.2) is 36.4 Å². The Balaban J connectivity index is 1.28. The number of rotatable bonds is 4. The van der Waals surface area contributed by atoms with Gasteiger partial charge in [0.05, 0.1) is 12.1 Å². The van der Waals surface area contributed by atoms with Gasteiger partial charge in [-0.2, -0.15) is 0 Å². The minimum absolute atomic E-state index is 0.0942. The highest BCUT2D eigenvalue weighted by molar-refractivity contribution is 6.31. The maximum atomic E-state index is 13.9. The second-order valence-corrected chi connectivity index (χ2v) is 7.48. The number of nitrogens with one attached hydrogen (secondary N) is 1. The molecule has 3 amide bonds. The number of halogens is 2. The summed E-state index contributed by atoms with van der Waals surface area (Å²) in [6.07, 6.45) is 0. The Labute approximate surface area is 182 Å². The topological polar surface area (TPSA) is 88.2 Å². The quantitative estimate of drug-likeness (QED) is 0.773. The van der Waals surface area contributed by atoms with E-state index in [1.807, 2.05) is 0 Å². The van der Waals surface area contributed by atoms with Crippen molar-refractivity contribution in [3.8, 4) is 11.5 Å². The molecule has 1 saturated heterocycles. The van der Waals surface area contributed by atoms with Gasteiger partial charge in [0.1, 0.15) is 5.82 Å². The highest BCUT2D eigenvalue weighted by atomic mass is 35.5. The molecule has 0 unspecified atom stereocenters. The van der Waals surface area contributed by atoms with Gasteiger partial charge in [-0.15, -0.1) is 0 Å². The number of hydrogen-bond donors (Lipinski definition) is 1. The smallest absolute Gasteiger partial charge is 0.257 e. The van der Waals surface area contributed by atoms with E-state index in [2.05, 4.69) is 5.32 Å². The van der Waals surface area contributed by atoms with E-state index in [4.69, 9.17) is 21.1 Å². The highest BCUT2D eigenvalue weighted by Gasteiger charge is 2.26. The summed E-state index contributed by atoms with van der Waals surface area (Å²) in [5.41, 5.74) is 0.263. The number of benzene rings is 2. The molecule has 162 valence electrons. The zero-order chi connectivity index (χ0) is 22.0. The van der Waals surface area contributed by atoms with Crippen molar-refractivity contribution in [3.05, 3.63) is 58.4 Å². The van der Waals surface area contributed by atoms with Gasteiger partial charge in [-0.3, -0.25) is 14.4 Å². The van der Waals surface area contributed by atoms with Crippen LogP contribution in [0.4, 0.5) is 4.39 Å². The fraction of sp³-hybridized carbons (Fsp3) is 0.286. The Hall–Kier alpha value is -3.33. The minimum atomic E-state index is -0.640. The third-order valence-corrected chi connectivity index (χ3v) is 5.35. The first kappa shape index (κ1) is 20.9. The summed E-state index contributed by atoms with van der Waals surface area (Å²) in [5, 5.41) is 2.86. The second kappa shape index (κ2) is 8.81. The second-order valence-electron chi connectivity index (χ2n) is 7.05. The van der Waals surface area contributed by atoms with Gasteiger partial charge in [-0.1, -0.05) is 11.6 Å². The van der Waals surface area contributed by atoms with E-state index in [-0.39, 0.29) is 56.0 Å². The summed E-state index contributed by atoms with van der Waals surface area (Å²) >= 11 is 5.86. The number of amides is 3. The van der Waals surface area contributed by atoms with Crippen molar-refractivity contribution in [3.63, 3.8) is 0 Å². The molecule has 0 bridgehead atoms. The van der Waals surface area contributed by atoms with Crippen LogP contribution in [0.25, 0.3) is 0 Å². The summed E-state index contributed by atoms with van der Waals surface area (Å²) < 4.78 is 24.4. The van der Waals surface area contributed by atoms with Gasteiger partial charge in [0, 0.05) is 36.8 Å². The molecule has 31 heavy (non-hydrogen) atoms. The summed E-state index contributed by atoms with van der Waals surface area (Å²) in [7, 11) is 0. The monoisotopic (exact) mass is 447 g/mol. The molecule has 0 saturated carbocycles. The summed E-state index contributed by atoms with van der Waals surface area (Å²) in [6.45, 7) is 1.01. The number of hydrogen-bond acceptors (Lipinski definition) is 5. The van der Waals surface area contributed by atoms with Crippen molar-refractivity contribution in [2.75, 3.05) is 39.5 Å². The third-order valence-electron chi connectivity index (χ3n) is 5.11. The van der Waals surface area contributed by atoms with Crippen LogP contribution in [0, 0.1) is 5.82 Å². The average molecular weight is 448 g/mol. The van der Waals surface area contributed by atoms with Crippen LogP contribution in [-0.2, 0) is 4.79 Å². The van der Waals surface area contributed by atoms with E-state index in [1.54, 1.807) is 23.1 Å². The highest BCUT2D eigenvalue weighted by Crippen LogP contribution is 2.32. The van der Waals surface area contributed by atoms with Gasteiger partial charge < -0.3 is 24.6 Å². The van der Waals surface area contributed by atoms with E-state index in [1.165, 1.54) is 17.0 Å². The first-order valence-electron chi connectivity index (χ1n) is 9.62. The molecule has 4 rings (SSSR count). The molecular weight excluding hydrogens is 429 g/mol. The normalized spacial score (nSPS) is 15.0. The predicted molar refractivity (Wildman–Crippen MR) is 109 cm³/mol. The van der Waals surface area contributed by atoms with Crippen LogP contribution in [0.3, 0.4) is 0 Å². The zero-order valence-electron chi connectivity index (χ0n) is 16.4. The summed E-state index contributed by atoms with van der Waals surface area (Å²) in [4.78, 5) is 40.3. The van der Waals surface area contributed by atoms with Gasteiger partial charge in [-0.05, 0) is 36.4 Å². The fourth-order valence-corrected chi connectivity index (χ4v) is 3.57. The van der Waals surface area contributed by atoms with E-state index in [9.17, 15) is 18.8 Å². The van der Waals surface area contributed by atoms with Gasteiger partial charge in [0.2, 0.25) is 12.7 Å². The van der Waals surface area contributed by atoms with Gasteiger partial charge in [0.25, 0.3) is 11.8 Å². The Bertz CT molecular complexity index is 1040. The van der Waals surface area contributed by atoms with E-state index in [0.717, 1.165) is 6.07 Å². The standard InChI is InChI=1S/C21H19ClFN3O5/c22-14-2-3-16(23)15(10-14)21(29)26-7-5-25(6-8-26)19(27)11-24-20(28)13-1-4-17-18(9-13)31-12-30-17/h1-4,9-10H,5-8,11-12H2,(H,24,28). The van der Waals surface area contributed by atoms with E-state index in [0.29, 0.717) is 17.1 Å². The number of fused-ring (bicyclic) bond motifs is 1. The molecule has 1 N–H and O–H groups in total. The van der Waals surface area contributed by atoms with Crippen LogP contribution >= 0.6 is 11.6 Å². The Morgan fingerprint density at radius 2 is 1.68 bits per heavy atom. The zero-order valence-corrected chi connectivity index (χ0v) is 17.2. The number of piperazine rings is 1. The first-order chi connectivity index (χ1) is 14.9. The maximum absolute atomic E-state index is 13.9. The summed E-state index contributed by atoms with van der Waals surface area (Å²) in [6, 6.07) is 8.61.